The summed E-state index contributed by atoms with van der Waals surface area (Å²) < 4.78 is 6.16. The van der Waals surface area contributed by atoms with Gasteiger partial charge in [-0.3, -0.25) is 0 Å². The van der Waals surface area contributed by atoms with Crippen LogP contribution in [0.2, 0.25) is 0 Å². The molecule has 0 radical (unpaired) electrons. The van der Waals surface area contributed by atoms with E-state index in [0.717, 1.165) is 24.5 Å². The first-order valence-corrected chi connectivity index (χ1v) is 11.0. The molecule has 5 aliphatic carbocycles. The third-order valence-electron chi connectivity index (χ3n) is 10.8. The topological polar surface area (TPSA) is 46.5 Å². The fraction of sp³-hybridized carbons (Fsp3) is 0.957. The third kappa shape index (κ3) is 1.81. The van der Waals surface area contributed by atoms with E-state index in [2.05, 4.69) is 13.8 Å². The van der Waals surface area contributed by atoms with Crippen molar-refractivity contribution in [2.24, 2.45) is 45.8 Å². The normalized spacial score (nSPS) is 59.6. The monoisotopic (exact) mass is 360 g/mol. The summed E-state index contributed by atoms with van der Waals surface area (Å²) in [4.78, 5) is 11.6. The number of methoxy groups -OCH3 is 1. The fourth-order valence-electron chi connectivity index (χ4n) is 9.62. The lowest BCUT2D eigenvalue weighted by Gasteiger charge is -2.61. The molecule has 6 unspecified atom stereocenters. The van der Waals surface area contributed by atoms with E-state index in [-0.39, 0.29) is 11.3 Å². The maximum atomic E-state index is 11.6. The SMILES string of the molecule is CO[C@@H]1CC2C3CCC([C@@](C)(O)C=O)[C@@]3(C)CCC2[C@@]2(C)CCC3CC312. The molecule has 0 aromatic heterocycles. The number of fused-ring (bicyclic) bond motifs is 4. The van der Waals surface area contributed by atoms with Crippen LogP contribution in [0, 0.1) is 45.8 Å². The summed E-state index contributed by atoms with van der Waals surface area (Å²) >= 11 is 0. The Kier molecular flexibility index (Phi) is 3.49. The van der Waals surface area contributed by atoms with Crippen LogP contribution >= 0.6 is 0 Å². The van der Waals surface area contributed by atoms with E-state index in [1.165, 1.54) is 44.9 Å². The third-order valence-corrected chi connectivity index (χ3v) is 10.8. The van der Waals surface area contributed by atoms with Gasteiger partial charge in [0, 0.05) is 12.5 Å². The molecule has 0 heterocycles. The van der Waals surface area contributed by atoms with Crippen molar-refractivity contribution < 1.29 is 14.6 Å². The van der Waals surface area contributed by atoms with Crippen molar-refractivity contribution in [3.8, 4) is 0 Å². The summed E-state index contributed by atoms with van der Waals surface area (Å²) in [5, 5.41) is 10.8. The zero-order valence-electron chi connectivity index (χ0n) is 17.0. The average Bonchev–Trinajstić information content (AvgIpc) is 3.11. The van der Waals surface area contributed by atoms with Gasteiger partial charge in [-0.1, -0.05) is 13.8 Å². The largest absolute Gasteiger partial charge is 0.382 e. The second kappa shape index (κ2) is 5.14. The van der Waals surface area contributed by atoms with E-state index in [1.54, 1.807) is 6.92 Å². The summed E-state index contributed by atoms with van der Waals surface area (Å²) in [6.45, 7) is 6.72. The van der Waals surface area contributed by atoms with E-state index in [9.17, 15) is 9.90 Å². The lowest BCUT2D eigenvalue weighted by atomic mass is 9.45. The van der Waals surface area contributed by atoms with Crippen molar-refractivity contribution >= 4 is 6.29 Å². The molecule has 5 aliphatic rings. The first-order chi connectivity index (χ1) is 12.2. The van der Waals surface area contributed by atoms with Gasteiger partial charge in [0.1, 0.15) is 5.60 Å². The average molecular weight is 361 g/mol. The second-order valence-electron chi connectivity index (χ2n) is 11.3. The minimum absolute atomic E-state index is 0.103. The van der Waals surface area contributed by atoms with Crippen LogP contribution in [-0.4, -0.2) is 30.2 Å². The highest BCUT2D eigenvalue weighted by Gasteiger charge is 2.77. The molecule has 0 aromatic carbocycles. The standard InChI is InChI=1S/C23H36O3/c1-20-9-8-17-15(16(20)5-6-18(20)22(3,25)13-24)11-19(26-4)23-12-14(23)7-10-21(17,23)2/h13-19,25H,5-12H2,1-4H3/t14?,15?,16?,17?,18?,19-,20+,21-,22+,23?/m1/s1. The van der Waals surface area contributed by atoms with Gasteiger partial charge in [0.25, 0.3) is 0 Å². The number of hydrogen-bond donors (Lipinski definition) is 1. The van der Waals surface area contributed by atoms with Gasteiger partial charge < -0.3 is 14.6 Å². The molecule has 1 spiro atoms. The van der Waals surface area contributed by atoms with Gasteiger partial charge in [-0.2, -0.15) is 0 Å². The molecule has 5 fully saturated rings. The number of rotatable bonds is 3. The molecule has 5 saturated carbocycles. The van der Waals surface area contributed by atoms with E-state index < -0.39 is 5.60 Å². The quantitative estimate of drug-likeness (QED) is 0.767. The molecule has 1 N–H and O–H groups in total. The van der Waals surface area contributed by atoms with Crippen molar-refractivity contribution in [3.05, 3.63) is 0 Å². The van der Waals surface area contributed by atoms with Gasteiger partial charge in [-0.15, -0.1) is 0 Å². The van der Waals surface area contributed by atoms with E-state index in [1.807, 2.05) is 7.11 Å². The smallest absolute Gasteiger partial charge is 0.151 e. The Labute approximate surface area is 158 Å². The zero-order valence-corrected chi connectivity index (χ0v) is 17.0. The molecule has 0 amide bonds. The van der Waals surface area contributed by atoms with Crippen LogP contribution in [0.5, 0.6) is 0 Å². The number of carbonyl (C=O) groups excluding carboxylic acids is 1. The number of carbonyl (C=O) groups is 1. The Morgan fingerprint density at radius 3 is 2.54 bits per heavy atom. The molecule has 5 rings (SSSR count). The van der Waals surface area contributed by atoms with Crippen LogP contribution in [-0.2, 0) is 9.53 Å². The van der Waals surface area contributed by atoms with Crippen LogP contribution in [0.3, 0.4) is 0 Å². The second-order valence-corrected chi connectivity index (χ2v) is 11.3. The van der Waals surface area contributed by atoms with Gasteiger partial charge in [0.15, 0.2) is 6.29 Å². The molecule has 0 aliphatic heterocycles. The molecule has 146 valence electrons. The predicted octanol–water partition coefficient (Wildman–Crippen LogP) is 4.22. The maximum absolute atomic E-state index is 11.6. The molecular formula is C23H36O3. The molecule has 26 heavy (non-hydrogen) atoms. The summed E-state index contributed by atoms with van der Waals surface area (Å²) in [5.41, 5.74) is -0.144. The fourth-order valence-corrected chi connectivity index (χ4v) is 9.62. The molecule has 10 atom stereocenters. The van der Waals surface area contributed by atoms with Crippen LogP contribution in [0.15, 0.2) is 0 Å². The number of aliphatic hydroxyl groups is 1. The van der Waals surface area contributed by atoms with Crippen LogP contribution in [0.25, 0.3) is 0 Å². The van der Waals surface area contributed by atoms with E-state index in [0.29, 0.717) is 28.8 Å². The Hall–Kier alpha value is -0.410. The summed E-state index contributed by atoms with van der Waals surface area (Å²) in [5.74, 6) is 3.20. The van der Waals surface area contributed by atoms with Crippen LogP contribution in [0.4, 0.5) is 0 Å². The molecular weight excluding hydrogens is 324 g/mol. The van der Waals surface area contributed by atoms with Crippen LogP contribution < -0.4 is 0 Å². The highest BCUT2D eigenvalue weighted by Crippen LogP contribution is 2.82. The van der Waals surface area contributed by atoms with Gasteiger partial charge in [0.2, 0.25) is 0 Å². The van der Waals surface area contributed by atoms with Crippen molar-refractivity contribution in [3.63, 3.8) is 0 Å². The molecule has 3 nitrogen and oxygen atoms in total. The van der Waals surface area contributed by atoms with Gasteiger partial charge >= 0.3 is 0 Å². The Morgan fingerprint density at radius 2 is 1.88 bits per heavy atom. The lowest BCUT2D eigenvalue weighted by molar-refractivity contribution is -0.170. The minimum atomic E-state index is -1.17. The number of aldehydes is 1. The lowest BCUT2D eigenvalue weighted by Crippen LogP contribution is -2.58. The predicted molar refractivity (Wildman–Crippen MR) is 101 cm³/mol. The number of ether oxygens (including phenoxy) is 1. The van der Waals surface area contributed by atoms with Crippen molar-refractivity contribution in [2.45, 2.75) is 83.8 Å². The van der Waals surface area contributed by atoms with Gasteiger partial charge in [-0.05, 0) is 98.7 Å². The Balaban J connectivity index is 1.51. The number of hydrogen-bond acceptors (Lipinski definition) is 3. The Bertz CT molecular complexity index is 629. The summed E-state index contributed by atoms with van der Waals surface area (Å²) in [7, 11) is 1.94. The molecule has 0 saturated heterocycles. The van der Waals surface area contributed by atoms with Crippen molar-refractivity contribution in [1.29, 1.82) is 0 Å². The van der Waals surface area contributed by atoms with Crippen molar-refractivity contribution in [1.82, 2.24) is 0 Å². The Morgan fingerprint density at radius 1 is 1.12 bits per heavy atom. The van der Waals surface area contributed by atoms with E-state index >= 15 is 0 Å². The molecule has 0 aromatic rings. The highest BCUT2D eigenvalue weighted by atomic mass is 16.5. The van der Waals surface area contributed by atoms with Gasteiger partial charge in [-0.25, -0.2) is 0 Å². The molecule has 3 heteroatoms. The van der Waals surface area contributed by atoms with Gasteiger partial charge in [0.05, 0.1) is 6.10 Å². The minimum Gasteiger partial charge on any atom is -0.382 e. The highest BCUT2D eigenvalue weighted by molar-refractivity contribution is 5.62. The van der Waals surface area contributed by atoms with Crippen molar-refractivity contribution in [2.75, 3.05) is 7.11 Å². The van der Waals surface area contributed by atoms with E-state index in [4.69, 9.17) is 4.74 Å². The molecule has 0 bridgehead atoms. The summed E-state index contributed by atoms with van der Waals surface area (Å²) in [6.07, 6.45) is 11.3. The first kappa shape index (κ1) is 17.7. The maximum Gasteiger partial charge on any atom is 0.151 e. The van der Waals surface area contributed by atoms with Crippen LogP contribution in [0.1, 0.15) is 72.1 Å². The zero-order chi connectivity index (χ0) is 18.5. The first-order valence-electron chi connectivity index (χ1n) is 11.0. The summed E-state index contributed by atoms with van der Waals surface area (Å²) in [6, 6.07) is 0.